The highest BCUT2D eigenvalue weighted by molar-refractivity contribution is 6.30. The van der Waals surface area contributed by atoms with Gasteiger partial charge in [-0.05, 0) is 46.3 Å². The van der Waals surface area contributed by atoms with Crippen LogP contribution in [0.15, 0.2) is 42.5 Å². The monoisotopic (exact) mass is 412 g/mol. The normalized spacial score (nSPS) is 16.4. The quantitative estimate of drug-likeness (QED) is 0.637. The Hall–Kier alpha value is -2.84. The molecule has 150 valence electrons. The van der Waals surface area contributed by atoms with Crippen LogP contribution in [0, 0.1) is 0 Å². The van der Waals surface area contributed by atoms with Crippen molar-refractivity contribution in [3.05, 3.63) is 58.9 Å². The highest BCUT2D eigenvalue weighted by atomic mass is 35.5. The molecule has 5 rings (SSSR count). The van der Waals surface area contributed by atoms with Gasteiger partial charge in [0.1, 0.15) is 0 Å². The molecule has 0 unspecified atom stereocenters. The highest BCUT2D eigenvalue weighted by Crippen LogP contribution is 2.32. The number of hydrogen-bond acceptors (Lipinski definition) is 7. The van der Waals surface area contributed by atoms with Crippen LogP contribution in [0.2, 0.25) is 5.02 Å². The molecular weight excluding hydrogens is 392 g/mol. The van der Waals surface area contributed by atoms with Gasteiger partial charge in [-0.2, -0.15) is 0 Å². The number of piperazine rings is 1. The van der Waals surface area contributed by atoms with Gasteiger partial charge in [0, 0.05) is 36.9 Å². The number of tetrazole rings is 1. The number of nitrogens with zero attached hydrogens (tertiary/aromatic N) is 6. The highest BCUT2D eigenvalue weighted by Gasteiger charge is 2.20. The van der Waals surface area contributed by atoms with Crippen LogP contribution in [0.3, 0.4) is 0 Å². The summed E-state index contributed by atoms with van der Waals surface area (Å²) in [6.45, 7) is 5.39. The van der Waals surface area contributed by atoms with E-state index in [1.165, 1.54) is 5.69 Å². The van der Waals surface area contributed by atoms with E-state index < -0.39 is 0 Å². The van der Waals surface area contributed by atoms with Gasteiger partial charge in [-0.15, -0.1) is 5.10 Å². The van der Waals surface area contributed by atoms with Crippen molar-refractivity contribution in [1.29, 1.82) is 0 Å². The molecule has 3 aromatic rings. The summed E-state index contributed by atoms with van der Waals surface area (Å²) in [6.07, 6.45) is 0. The van der Waals surface area contributed by atoms with Crippen LogP contribution in [-0.2, 0) is 13.1 Å². The minimum atomic E-state index is 0.274. The van der Waals surface area contributed by atoms with E-state index in [-0.39, 0.29) is 6.79 Å². The first-order chi connectivity index (χ1) is 14.2. The SMILES string of the molecule is Clc1cccc(N2CCN(Cc3nnnn3Cc3ccc4c(c3)OCO4)CC2)c1. The lowest BCUT2D eigenvalue weighted by Gasteiger charge is -2.35. The Labute approximate surface area is 173 Å². The minimum absolute atomic E-state index is 0.274. The first-order valence-electron chi connectivity index (χ1n) is 9.61. The number of aromatic nitrogens is 4. The van der Waals surface area contributed by atoms with E-state index in [1.807, 2.05) is 41.1 Å². The van der Waals surface area contributed by atoms with Gasteiger partial charge in [-0.25, -0.2) is 4.68 Å². The first kappa shape index (κ1) is 18.2. The minimum Gasteiger partial charge on any atom is -0.454 e. The molecule has 1 saturated heterocycles. The van der Waals surface area contributed by atoms with Crippen LogP contribution >= 0.6 is 11.6 Å². The summed E-state index contributed by atoms with van der Waals surface area (Å²) in [7, 11) is 0. The number of halogens is 1. The first-order valence-corrected chi connectivity index (χ1v) is 9.99. The Bertz CT molecular complexity index is 1000. The molecule has 1 fully saturated rings. The van der Waals surface area contributed by atoms with E-state index in [1.54, 1.807) is 0 Å². The third-order valence-corrected chi connectivity index (χ3v) is 5.52. The molecule has 0 aliphatic carbocycles. The van der Waals surface area contributed by atoms with E-state index in [4.69, 9.17) is 21.1 Å². The molecule has 9 heteroatoms. The van der Waals surface area contributed by atoms with Crippen LogP contribution in [-0.4, -0.2) is 58.1 Å². The molecule has 0 amide bonds. The number of benzene rings is 2. The molecule has 1 aromatic heterocycles. The molecule has 0 radical (unpaired) electrons. The summed E-state index contributed by atoms with van der Waals surface area (Å²) >= 11 is 6.13. The van der Waals surface area contributed by atoms with Crippen LogP contribution < -0.4 is 14.4 Å². The van der Waals surface area contributed by atoms with Crippen LogP contribution in [0.1, 0.15) is 11.4 Å². The maximum Gasteiger partial charge on any atom is 0.231 e. The molecule has 29 heavy (non-hydrogen) atoms. The third-order valence-electron chi connectivity index (χ3n) is 5.29. The largest absolute Gasteiger partial charge is 0.454 e. The number of rotatable bonds is 5. The van der Waals surface area contributed by atoms with Crippen molar-refractivity contribution in [1.82, 2.24) is 25.1 Å². The van der Waals surface area contributed by atoms with Crippen molar-refractivity contribution in [3.8, 4) is 11.5 Å². The van der Waals surface area contributed by atoms with Gasteiger partial charge < -0.3 is 14.4 Å². The molecule has 0 bridgehead atoms. The Morgan fingerprint density at radius 1 is 0.931 bits per heavy atom. The summed E-state index contributed by atoms with van der Waals surface area (Å²) < 4.78 is 12.7. The summed E-state index contributed by atoms with van der Waals surface area (Å²) in [5.41, 5.74) is 2.25. The van der Waals surface area contributed by atoms with E-state index in [9.17, 15) is 0 Å². The summed E-state index contributed by atoms with van der Waals surface area (Å²) in [4.78, 5) is 4.74. The average molecular weight is 413 g/mol. The Morgan fingerprint density at radius 3 is 2.66 bits per heavy atom. The molecule has 2 aromatic carbocycles. The Kier molecular flexibility index (Phi) is 4.95. The number of anilines is 1. The van der Waals surface area contributed by atoms with Gasteiger partial charge in [-0.1, -0.05) is 23.7 Å². The smallest absolute Gasteiger partial charge is 0.231 e. The maximum absolute atomic E-state index is 6.13. The second-order valence-electron chi connectivity index (χ2n) is 7.18. The fraction of sp³-hybridized carbons (Fsp3) is 0.350. The number of hydrogen-bond donors (Lipinski definition) is 0. The third kappa shape index (κ3) is 3.99. The zero-order chi connectivity index (χ0) is 19.6. The molecule has 8 nitrogen and oxygen atoms in total. The van der Waals surface area contributed by atoms with E-state index in [2.05, 4.69) is 31.4 Å². The maximum atomic E-state index is 6.13. The predicted molar refractivity (Wildman–Crippen MR) is 108 cm³/mol. The lowest BCUT2D eigenvalue weighted by Crippen LogP contribution is -2.46. The van der Waals surface area contributed by atoms with Crippen molar-refractivity contribution in [2.24, 2.45) is 0 Å². The predicted octanol–water partition coefficient (Wildman–Crippen LogP) is 2.43. The molecule has 0 spiro atoms. The van der Waals surface area contributed by atoms with E-state index in [0.29, 0.717) is 6.54 Å². The summed E-state index contributed by atoms with van der Waals surface area (Å²) in [5.74, 6) is 2.41. The summed E-state index contributed by atoms with van der Waals surface area (Å²) in [6, 6.07) is 13.9. The van der Waals surface area contributed by atoms with Crippen molar-refractivity contribution >= 4 is 17.3 Å². The topological polar surface area (TPSA) is 68.5 Å². The van der Waals surface area contributed by atoms with Crippen molar-refractivity contribution in [2.45, 2.75) is 13.1 Å². The van der Waals surface area contributed by atoms with Gasteiger partial charge in [-0.3, -0.25) is 4.90 Å². The van der Waals surface area contributed by atoms with Gasteiger partial charge in [0.15, 0.2) is 17.3 Å². The Morgan fingerprint density at radius 2 is 1.79 bits per heavy atom. The van der Waals surface area contributed by atoms with Crippen LogP contribution in [0.4, 0.5) is 5.69 Å². The molecule has 2 aliphatic rings. The Balaban J connectivity index is 1.21. The van der Waals surface area contributed by atoms with Gasteiger partial charge in [0.05, 0.1) is 13.1 Å². The molecule has 0 saturated carbocycles. The lowest BCUT2D eigenvalue weighted by molar-refractivity contribution is 0.174. The molecule has 3 heterocycles. The molecule has 0 atom stereocenters. The van der Waals surface area contributed by atoms with Gasteiger partial charge in [0.25, 0.3) is 0 Å². The van der Waals surface area contributed by atoms with E-state index >= 15 is 0 Å². The van der Waals surface area contributed by atoms with Crippen molar-refractivity contribution in [2.75, 3.05) is 37.9 Å². The number of ether oxygens (including phenoxy) is 2. The molecule has 2 aliphatic heterocycles. The van der Waals surface area contributed by atoms with Crippen molar-refractivity contribution < 1.29 is 9.47 Å². The second kappa shape index (κ2) is 7.88. The fourth-order valence-corrected chi connectivity index (χ4v) is 3.89. The molecular formula is C20H21ClN6O2. The van der Waals surface area contributed by atoms with Gasteiger partial charge >= 0.3 is 0 Å². The fourth-order valence-electron chi connectivity index (χ4n) is 3.71. The lowest BCUT2D eigenvalue weighted by atomic mass is 10.2. The standard InChI is InChI=1S/C20H21ClN6O2/c21-16-2-1-3-17(11-16)26-8-6-25(7-9-26)13-20-22-23-24-27(20)12-15-4-5-18-19(10-15)29-14-28-18/h1-5,10-11H,6-9,12-14H2. The zero-order valence-corrected chi connectivity index (χ0v) is 16.6. The molecule has 0 N–H and O–H groups in total. The average Bonchev–Trinajstić information content (AvgIpc) is 3.38. The van der Waals surface area contributed by atoms with Crippen molar-refractivity contribution in [3.63, 3.8) is 0 Å². The number of fused-ring (bicyclic) bond motifs is 1. The van der Waals surface area contributed by atoms with Crippen LogP contribution in [0.25, 0.3) is 0 Å². The van der Waals surface area contributed by atoms with Gasteiger partial charge in [0.2, 0.25) is 6.79 Å². The second-order valence-corrected chi connectivity index (χ2v) is 7.62. The zero-order valence-electron chi connectivity index (χ0n) is 15.9. The summed E-state index contributed by atoms with van der Waals surface area (Å²) in [5, 5.41) is 13.1. The van der Waals surface area contributed by atoms with Crippen LogP contribution in [0.5, 0.6) is 11.5 Å². The van der Waals surface area contributed by atoms with E-state index in [0.717, 1.165) is 60.6 Å².